The minimum atomic E-state index is 0.0833. The summed E-state index contributed by atoms with van der Waals surface area (Å²) in [6.45, 7) is 3.89. The van der Waals surface area contributed by atoms with Crippen molar-refractivity contribution >= 4 is 5.91 Å². The van der Waals surface area contributed by atoms with E-state index in [1.54, 1.807) is 7.11 Å². The Balaban J connectivity index is 1.53. The molecule has 5 heteroatoms. The van der Waals surface area contributed by atoms with Crippen LogP contribution < -0.4 is 10.1 Å². The zero-order valence-electron chi connectivity index (χ0n) is 15.9. The predicted octanol–water partition coefficient (Wildman–Crippen LogP) is 2.82. The van der Waals surface area contributed by atoms with Gasteiger partial charge in [0.25, 0.3) is 0 Å². The molecule has 2 aromatic carbocycles. The van der Waals surface area contributed by atoms with Crippen LogP contribution in [0, 0.1) is 0 Å². The van der Waals surface area contributed by atoms with E-state index < -0.39 is 0 Å². The fourth-order valence-corrected chi connectivity index (χ4v) is 3.37. The average Bonchev–Trinajstić information content (AvgIpc) is 2.74. The molecular weight excluding hydrogens is 340 g/mol. The van der Waals surface area contributed by atoms with Crippen LogP contribution in [0.1, 0.15) is 23.6 Å². The molecule has 1 atom stereocenters. The molecular formula is C22H28N2O3. The summed E-state index contributed by atoms with van der Waals surface area (Å²) in [5, 5.41) is 3.13. The first-order chi connectivity index (χ1) is 13.3. The maximum Gasteiger partial charge on any atom is 0.220 e. The molecule has 1 N–H and O–H groups in total. The lowest BCUT2D eigenvalue weighted by molar-refractivity contribution is -0.121. The predicted molar refractivity (Wildman–Crippen MR) is 106 cm³/mol. The number of aryl methyl sites for hydroxylation is 1. The van der Waals surface area contributed by atoms with E-state index in [1.165, 1.54) is 5.56 Å². The van der Waals surface area contributed by atoms with Crippen molar-refractivity contribution in [2.75, 3.05) is 40.0 Å². The lowest BCUT2D eigenvalue weighted by Crippen LogP contribution is -2.43. The second kappa shape index (κ2) is 10.1. The van der Waals surface area contributed by atoms with E-state index in [0.29, 0.717) is 13.0 Å². The van der Waals surface area contributed by atoms with Gasteiger partial charge in [0.1, 0.15) is 5.75 Å². The van der Waals surface area contributed by atoms with Crippen molar-refractivity contribution in [1.82, 2.24) is 10.2 Å². The summed E-state index contributed by atoms with van der Waals surface area (Å²) in [6.07, 6.45) is 1.21. The van der Waals surface area contributed by atoms with Gasteiger partial charge in [0.15, 0.2) is 0 Å². The number of ether oxygens (including phenoxy) is 2. The smallest absolute Gasteiger partial charge is 0.220 e. The van der Waals surface area contributed by atoms with Gasteiger partial charge in [-0.15, -0.1) is 0 Å². The van der Waals surface area contributed by atoms with Crippen LogP contribution in [0.25, 0.3) is 0 Å². The minimum Gasteiger partial charge on any atom is -0.497 e. The number of carbonyl (C=O) groups is 1. The number of methoxy groups -OCH3 is 1. The van der Waals surface area contributed by atoms with Crippen LogP contribution in [-0.2, 0) is 16.0 Å². The molecule has 3 rings (SSSR count). The molecule has 1 fully saturated rings. The number of morpholine rings is 1. The lowest BCUT2D eigenvalue weighted by atomic mass is 10.0. The summed E-state index contributed by atoms with van der Waals surface area (Å²) < 4.78 is 10.6. The van der Waals surface area contributed by atoms with Gasteiger partial charge in [0.2, 0.25) is 5.91 Å². The van der Waals surface area contributed by atoms with Gasteiger partial charge in [0.05, 0.1) is 26.4 Å². The molecule has 144 valence electrons. The molecule has 1 amide bonds. The number of amides is 1. The Morgan fingerprint density at radius 3 is 2.48 bits per heavy atom. The highest BCUT2D eigenvalue weighted by molar-refractivity contribution is 5.76. The van der Waals surface area contributed by atoms with E-state index in [-0.39, 0.29) is 11.9 Å². The van der Waals surface area contributed by atoms with E-state index in [9.17, 15) is 4.79 Å². The molecule has 0 aromatic heterocycles. The molecule has 1 heterocycles. The molecule has 27 heavy (non-hydrogen) atoms. The number of rotatable bonds is 8. The van der Waals surface area contributed by atoms with E-state index in [0.717, 1.165) is 44.0 Å². The molecule has 1 aliphatic rings. The van der Waals surface area contributed by atoms with Crippen LogP contribution in [0.5, 0.6) is 5.75 Å². The number of carbonyl (C=O) groups excluding carboxylic acids is 1. The quantitative estimate of drug-likeness (QED) is 0.778. The highest BCUT2D eigenvalue weighted by Crippen LogP contribution is 2.21. The van der Waals surface area contributed by atoms with E-state index in [2.05, 4.69) is 22.3 Å². The van der Waals surface area contributed by atoms with Crippen LogP contribution in [0.4, 0.5) is 0 Å². The maximum absolute atomic E-state index is 12.4. The first kappa shape index (κ1) is 19.4. The zero-order chi connectivity index (χ0) is 18.9. The van der Waals surface area contributed by atoms with Crippen molar-refractivity contribution in [1.29, 1.82) is 0 Å². The Morgan fingerprint density at radius 2 is 1.81 bits per heavy atom. The molecule has 0 unspecified atom stereocenters. The molecule has 0 aliphatic carbocycles. The third kappa shape index (κ3) is 5.81. The van der Waals surface area contributed by atoms with E-state index in [4.69, 9.17) is 9.47 Å². The maximum atomic E-state index is 12.4. The van der Waals surface area contributed by atoms with Crippen molar-refractivity contribution < 1.29 is 14.3 Å². The summed E-state index contributed by atoms with van der Waals surface area (Å²) in [6, 6.07) is 18.4. The van der Waals surface area contributed by atoms with Crippen molar-refractivity contribution in [3.05, 3.63) is 65.7 Å². The molecule has 2 aromatic rings. The van der Waals surface area contributed by atoms with Crippen LogP contribution in [-0.4, -0.2) is 50.8 Å². The molecule has 0 bridgehead atoms. The summed E-state index contributed by atoms with van der Waals surface area (Å²) in [7, 11) is 1.65. The molecule has 1 aliphatic heterocycles. The molecule has 0 radical (unpaired) electrons. The van der Waals surface area contributed by atoms with Gasteiger partial charge >= 0.3 is 0 Å². The largest absolute Gasteiger partial charge is 0.497 e. The van der Waals surface area contributed by atoms with Gasteiger partial charge in [-0.1, -0.05) is 42.5 Å². The zero-order valence-corrected chi connectivity index (χ0v) is 15.9. The summed E-state index contributed by atoms with van der Waals surface area (Å²) in [5.74, 6) is 0.916. The van der Waals surface area contributed by atoms with Crippen LogP contribution in [0.2, 0.25) is 0 Å². The third-order valence-electron chi connectivity index (χ3n) is 4.96. The number of hydrogen-bond donors (Lipinski definition) is 1. The van der Waals surface area contributed by atoms with Crippen molar-refractivity contribution in [3.63, 3.8) is 0 Å². The molecule has 0 spiro atoms. The van der Waals surface area contributed by atoms with Gasteiger partial charge < -0.3 is 14.8 Å². The van der Waals surface area contributed by atoms with E-state index >= 15 is 0 Å². The Hall–Kier alpha value is -2.37. The van der Waals surface area contributed by atoms with Gasteiger partial charge in [-0.2, -0.15) is 0 Å². The normalized spacial score (nSPS) is 15.9. The van der Waals surface area contributed by atoms with Crippen molar-refractivity contribution in [3.8, 4) is 5.75 Å². The molecule has 1 saturated heterocycles. The SMILES string of the molecule is COc1ccc(CCC(=O)NC[C@@H](c2ccccc2)N2CCOCC2)cc1. The fraction of sp³-hybridized carbons (Fsp3) is 0.409. The van der Waals surface area contributed by atoms with Crippen LogP contribution >= 0.6 is 0 Å². The van der Waals surface area contributed by atoms with Crippen LogP contribution in [0.3, 0.4) is 0 Å². The number of hydrogen-bond acceptors (Lipinski definition) is 4. The van der Waals surface area contributed by atoms with Gasteiger partial charge in [-0.05, 0) is 29.7 Å². The third-order valence-corrected chi connectivity index (χ3v) is 4.96. The van der Waals surface area contributed by atoms with Crippen molar-refractivity contribution in [2.45, 2.75) is 18.9 Å². The standard InChI is InChI=1S/C22H28N2O3/c1-26-20-10-7-18(8-11-20)9-12-22(25)23-17-21(19-5-3-2-4-6-19)24-13-15-27-16-14-24/h2-8,10-11,21H,9,12-17H2,1H3,(H,23,25)/t21-/m0/s1. The second-order valence-electron chi connectivity index (χ2n) is 6.73. The minimum absolute atomic E-state index is 0.0833. The fourth-order valence-electron chi connectivity index (χ4n) is 3.37. The summed E-state index contributed by atoms with van der Waals surface area (Å²) in [4.78, 5) is 14.8. The summed E-state index contributed by atoms with van der Waals surface area (Å²) >= 11 is 0. The van der Waals surface area contributed by atoms with Gasteiger partial charge in [-0.25, -0.2) is 0 Å². The number of benzene rings is 2. The van der Waals surface area contributed by atoms with Gasteiger partial charge in [0, 0.05) is 26.1 Å². The average molecular weight is 368 g/mol. The molecule has 0 saturated carbocycles. The Kier molecular flexibility index (Phi) is 7.25. The van der Waals surface area contributed by atoms with Crippen LogP contribution in [0.15, 0.2) is 54.6 Å². The second-order valence-corrected chi connectivity index (χ2v) is 6.73. The summed E-state index contributed by atoms with van der Waals surface area (Å²) in [5.41, 5.74) is 2.37. The number of nitrogens with one attached hydrogen (secondary N) is 1. The Labute approximate surface area is 161 Å². The Morgan fingerprint density at radius 1 is 1.11 bits per heavy atom. The monoisotopic (exact) mass is 368 g/mol. The molecule has 5 nitrogen and oxygen atoms in total. The number of nitrogens with zero attached hydrogens (tertiary/aromatic N) is 1. The first-order valence-electron chi connectivity index (χ1n) is 9.52. The topological polar surface area (TPSA) is 50.8 Å². The highest BCUT2D eigenvalue weighted by Gasteiger charge is 2.22. The first-order valence-corrected chi connectivity index (χ1v) is 9.52. The highest BCUT2D eigenvalue weighted by atomic mass is 16.5. The van der Waals surface area contributed by atoms with Gasteiger partial charge in [-0.3, -0.25) is 9.69 Å². The van der Waals surface area contributed by atoms with Crippen molar-refractivity contribution in [2.24, 2.45) is 0 Å². The van der Waals surface area contributed by atoms with E-state index in [1.807, 2.05) is 42.5 Å². The Bertz CT molecular complexity index is 697. The lowest BCUT2D eigenvalue weighted by Gasteiger charge is -2.35.